The van der Waals surface area contributed by atoms with Crippen LogP contribution in [0.3, 0.4) is 0 Å². The minimum atomic E-state index is -2.30. The van der Waals surface area contributed by atoms with E-state index in [4.69, 9.17) is 71.1 Å². The zero-order valence-corrected chi connectivity index (χ0v) is 46.1. The van der Waals surface area contributed by atoms with Gasteiger partial charge in [-0.15, -0.1) is 0 Å². The van der Waals surface area contributed by atoms with Crippen LogP contribution in [0.4, 0.5) is 0 Å². The van der Waals surface area contributed by atoms with E-state index in [9.17, 15) is 123 Å². The summed E-state index contributed by atoms with van der Waals surface area (Å²) < 4.78 is 86.0. The van der Waals surface area contributed by atoms with Crippen molar-refractivity contribution in [3.63, 3.8) is 0 Å². The Morgan fingerprint density at radius 3 is 0.591 bits per heavy atom. The molecule has 512 valence electrons. The zero-order valence-electron chi connectivity index (χ0n) is 46.1. The second-order valence-electron chi connectivity index (χ2n) is 22.7. The first kappa shape index (κ1) is 70.7. The summed E-state index contributed by atoms with van der Waals surface area (Å²) in [6, 6.07) is 0. The maximum absolute atomic E-state index is 11.8. The number of hydrogen-bond acceptors (Lipinski definition) is 40. The maximum Gasteiger partial charge on any atom is 0.187 e. The molecule has 40 heteroatoms. The fraction of sp³-hybridized carbons (Fsp3) is 1.00. The van der Waals surface area contributed by atoms with Gasteiger partial charge in [-0.05, 0) is 0 Å². The fourth-order valence-corrected chi connectivity index (χ4v) is 11.9. The number of ether oxygens (including phenoxy) is 15. The predicted octanol–water partition coefficient (Wildman–Crippen LogP) is -17.8. The Labute approximate surface area is 496 Å². The van der Waals surface area contributed by atoms with E-state index in [2.05, 4.69) is 5.32 Å². The van der Waals surface area contributed by atoms with Crippen molar-refractivity contribution in [2.75, 3.05) is 52.7 Å². The predicted molar refractivity (Wildman–Crippen MR) is 263 cm³/mol. The van der Waals surface area contributed by atoms with E-state index in [1.807, 2.05) is 0 Å². The summed E-state index contributed by atoms with van der Waals surface area (Å²) in [6.45, 7) is -7.61. The van der Waals surface area contributed by atoms with E-state index in [-0.39, 0.29) is 0 Å². The van der Waals surface area contributed by atoms with Crippen LogP contribution in [0.5, 0.6) is 0 Å². The highest BCUT2D eigenvalue weighted by Crippen LogP contribution is 2.39. The molecule has 0 saturated carbocycles. The van der Waals surface area contributed by atoms with Gasteiger partial charge in [0.1, 0.15) is 195 Å². The minimum absolute atomic E-state index is 0.496. The van der Waals surface area contributed by atoms with Crippen LogP contribution < -0.4 is 5.32 Å². The molecule has 0 aromatic carbocycles. The first-order valence-electron chi connectivity index (χ1n) is 28.3. The largest absolute Gasteiger partial charge is 0.394 e. The molecular weight excluding hydrogens is 1210 g/mol. The van der Waals surface area contributed by atoms with Gasteiger partial charge in [0, 0.05) is 13.1 Å². The highest BCUT2D eigenvalue weighted by Gasteiger charge is 2.60. The van der Waals surface area contributed by atoms with Gasteiger partial charge in [-0.25, -0.2) is 0 Å². The second-order valence-corrected chi connectivity index (χ2v) is 22.7. The normalized spacial score (nSPS) is 55.2. The Kier molecular flexibility index (Phi) is 24.1. The van der Waals surface area contributed by atoms with Gasteiger partial charge >= 0.3 is 0 Å². The van der Waals surface area contributed by atoms with E-state index in [1.54, 1.807) is 0 Å². The van der Waals surface area contributed by atoms with Crippen molar-refractivity contribution in [1.82, 2.24) is 5.32 Å². The van der Waals surface area contributed by atoms with Crippen LogP contribution in [0, 0.1) is 0 Å². The van der Waals surface area contributed by atoms with Crippen molar-refractivity contribution in [3.8, 4) is 0 Å². The van der Waals surface area contributed by atoms with Crippen LogP contribution in [0.2, 0.25) is 0 Å². The van der Waals surface area contributed by atoms with Crippen molar-refractivity contribution >= 4 is 0 Å². The number of rotatable bonds is 10. The van der Waals surface area contributed by atoms with Gasteiger partial charge in [-0.2, -0.15) is 0 Å². The van der Waals surface area contributed by atoms with Gasteiger partial charge in [-0.1, -0.05) is 0 Å². The molecule has 0 radical (unpaired) electrons. The van der Waals surface area contributed by atoms with Gasteiger partial charge in [-0.3, -0.25) is 0 Å². The van der Waals surface area contributed by atoms with Crippen LogP contribution in [0.1, 0.15) is 0 Å². The molecule has 1 unspecified atom stereocenters. The highest BCUT2D eigenvalue weighted by molar-refractivity contribution is 5.02. The molecule has 0 aliphatic carbocycles. The number of nitrogens with one attached hydrogen (secondary N) is 1. The summed E-state index contributed by atoms with van der Waals surface area (Å²) in [5.74, 6) is 0. The quantitative estimate of drug-likeness (QED) is 0.0966. The van der Waals surface area contributed by atoms with Gasteiger partial charge in [0.05, 0.1) is 39.6 Å². The molecule has 22 saturated heterocycles. The summed E-state index contributed by atoms with van der Waals surface area (Å²) in [7, 11) is 0. The lowest BCUT2D eigenvalue weighted by atomic mass is 9.95. The number of hydrogen-bond donors (Lipinski definition) is 25. The van der Waals surface area contributed by atoms with E-state index in [0.29, 0.717) is 0 Å². The van der Waals surface area contributed by atoms with Gasteiger partial charge < -0.3 is 199 Å². The van der Waals surface area contributed by atoms with Crippen molar-refractivity contribution in [2.24, 2.45) is 0 Å². The third-order valence-electron chi connectivity index (χ3n) is 17.0. The van der Waals surface area contributed by atoms with Gasteiger partial charge in [0.25, 0.3) is 0 Å². The molecule has 25 N–H and O–H groups in total. The molecular formula is C48H81NO39. The van der Waals surface area contributed by atoms with E-state index >= 15 is 0 Å². The summed E-state index contributed by atoms with van der Waals surface area (Å²) in [5.41, 5.74) is 0. The molecule has 22 aliphatic heterocycles. The van der Waals surface area contributed by atoms with Crippen molar-refractivity contribution in [1.29, 1.82) is 0 Å². The average Bonchev–Trinajstić information content (AvgIpc) is 1.55. The molecule has 0 spiro atoms. The monoisotopic (exact) mass is 1300 g/mol. The Morgan fingerprint density at radius 2 is 0.375 bits per heavy atom. The van der Waals surface area contributed by atoms with Crippen molar-refractivity contribution in [3.05, 3.63) is 0 Å². The zero-order chi connectivity index (χ0) is 64.1. The Morgan fingerprint density at radius 1 is 0.182 bits per heavy atom. The Balaban J connectivity index is 1.01. The van der Waals surface area contributed by atoms with Crippen molar-refractivity contribution in [2.45, 2.75) is 246 Å². The van der Waals surface area contributed by atoms with E-state index in [0.717, 1.165) is 0 Å². The first-order valence-corrected chi connectivity index (χ1v) is 28.3. The second kappa shape index (κ2) is 30.0. The van der Waals surface area contributed by atoms with Crippen LogP contribution in [0.15, 0.2) is 0 Å². The third kappa shape index (κ3) is 14.1. The molecule has 40 nitrogen and oxygen atoms in total. The van der Waals surface area contributed by atoms with Crippen LogP contribution in [0.25, 0.3) is 0 Å². The Hall–Kier alpha value is -1.60. The standard InChI is InChI=1S/C48H81NO39/c50-3-11-35-21(60)29(68)44(77-11)85-37-13(5-52)79-46(31(70)23(37)62)87-39-15(7-54)81-48(33(72)25(39)64)88-40-16(8-55)80-47(32(71)24(40)63)86-38-14(6-53)78-45(30(69)22(38)61)84-36-12(4-51)76-43(28(67)20(36)59)82-34-10(75-42(83-35)27(66)19(34)58)2-49-1-9-17(56)18(57)26(65)41(73)74-9/h9-73H,1-8H2/t9-,10+,11-,12+,13-,14+,15-,16+,17+,18+,19-,20-,21-,22-,23+,24-,25-,26-,27-,28-,29+,30-,31+,32-,33-,34-,35-,36-,37-,38-,39-,40-,41?,42-,43-,44-,45-,46-,47-,48-/m1/s1. The molecule has 22 rings (SSSR count). The number of aliphatic hydroxyl groups excluding tert-OH is 24. The highest BCUT2D eigenvalue weighted by atomic mass is 16.8. The minimum Gasteiger partial charge on any atom is -0.394 e. The topological polar surface area (TPSA) is 636 Å². The Bertz CT molecular complexity index is 2140. The molecule has 22 fully saturated rings. The van der Waals surface area contributed by atoms with E-state index < -0.39 is 298 Å². The van der Waals surface area contributed by atoms with Crippen LogP contribution in [-0.2, 0) is 71.1 Å². The van der Waals surface area contributed by atoms with Gasteiger partial charge in [0.15, 0.2) is 50.3 Å². The average molecular weight is 1300 g/mol. The smallest absolute Gasteiger partial charge is 0.187 e. The molecule has 14 bridgehead atoms. The van der Waals surface area contributed by atoms with Crippen LogP contribution >= 0.6 is 0 Å². The van der Waals surface area contributed by atoms with E-state index in [1.165, 1.54) is 0 Å². The summed E-state index contributed by atoms with van der Waals surface area (Å²) in [5, 5.41) is 267. The van der Waals surface area contributed by atoms with Gasteiger partial charge in [0.2, 0.25) is 0 Å². The molecule has 88 heavy (non-hydrogen) atoms. The summed E-state index contributed by atoms with van der Waals surface area (Å²) in [4.78, 5) is 0. The lowest BCUT2D eigenvalue weighted by Crippen LogP contribution is -2.68. The molecule has 22 heterocycles. The lowest BCUT2D eigenvalue weighted by molar-refractivity contribution is -0.396. The maximum atomic E-state index is 11.8. The van der Waals surface area contributed by atoms with Crippen LogP contribution in [-0.4, -0.2) is 421 Å². The number of aliphatic hydroxyl groups is 24. The first-order chi connectivity index (χ1) is 41.8. The molecule has 0 aromatic rings. The van der Waals surface area contributed by atoms with Crippen molar-refractivity contribution < 1.29 is 194 Å². The molecule has 40 atom stereocenters. The molecule has 0 amide bonds. The fourth-order valence-electron chi connectivity index (χ4n) is 11.9. The molecule has 22 aliphatic rings. The lowest BCUT2D eigenvalue weighted by Gasteiger charge is -2.50. The SMILES string of the molecule is OC[C@@H]1O[C@@H]2O[C@H]3[C@H](O)[C@@H](O)[C@@H](O[C@H]4[C@H](O)[C@H](O)[C@@H](O[C@H]5[C@@H](O)[C@H](O)[C@@H](O[C@H]6[C@H](O)[C@@H](O)[C@@H](O[C@H]7[C@H](O)[C@@H](O)[C@@H](O[C@H]8[C@H](O)[C@@H](O)[C@@H](O[C@H]1[C@H](O)[C@H]2O)O[C@H]8CO)O[C@H]7CO)O[C@@H]6CO)O[C@@H]5CO)O[C@@H]4CO)O[C@H]3CNC[C@H]1OC(O)[C@H](O)[C@@H](O)[C@H]1O. The summed E-state index contributed by atoms with van der Waals surface area (Å²) in [6.07, 6.45) is -81.2. The summed E-state index contributed by atoms with van der Waals surface area (Å²) >= 11 is 0. The third-order valence-corrected chi connectivity index (χ3v) is 17.0. The molecule has 0 aromatic heterocycles.